The maximum Gasteiger partial charge on any atom is 0.311 e. The first-order valence-corrected chi connectivity index (χ1v) is 13.1. The maximum absolute atomic E-state index is 13.2. The van der Waals surface area contributed by atoms with Crippen molar-refractivity contribution in [1.29, 1.82) is 0 Å². The van der Waals surface area contributed by atoms with Crippen LogP contribution < -0.4 is 15.6 Å². The van der Waals surface area contributed by atoms with Crippen molar-refractivity contribution < 1.29 is 14.5 Å². The van der Waals surface area contributed by atoms with Crippen LogP contribution in [0.1, 0.15) is 31.2 Å². The average molecular weight is 613 g/mol. The lowest BCUT2D eigenvalue weighted by atomic mass is 10.2. The summed E-state index contributed by atoms with van der Waals surface area (Å²) in [4.78, 5) is 41.2. The monoisotopic (exact) mass is 611 g/mol. The van der Waals surface area contributed by atoms with Gasteiger partial charge in [0.2, 0.25) is 0 Å². The number of rotatable bonds is 10. The number of benzene rings is 3. The summed E-state index contributed by atoms with van der Waals surface area (Å²) in [6, 6.07) is 15.9. The van der Waals surface area contributed by atoms with Gasteiger partial charge < -0.3 is 10.1 Å². The summed E-state index contributed by atoms with van der Waals surface area (Å²) >= 11 is 9.21. The van der Waals surface area contributed by atoms with Crippen LogP contribution >= 0.6 is 27.5 Å². The Morgan fingerprint density at radius 3 is 2.69 bits per heavy atom. The van der Waals surface area contributed by atoms with Crippen molar-refractivity contribution in [3.8, 4) is 5.75 Å². The molecule has 200 valence electrons. The van der Waals surface area contributed by atoms with Crippen molar-refractivity contribution >= 4 is 61.9 Å². The van der Waals surface area contributed by atoms with Gasteiger partial charge in [0.05, 0.1) is 22.0 Å². The topological polar surface area (TPSA) is 129 Å². The molecule has 0 spiro atoms. The highest BCUT2D eigenvalue weighted by Gasteiger charge is 2.17. The number of nitrogens with one attached hydrogen (secondary N) is 1. The molecular weight excluding hydrogens is 590 g/mol. The number of amides is 1. The molecule has 0 fully saturated rings. The van der Waals surface area contributed by atoms with Crippen molar-refractivity contribution in [3.05, 3.63) is 102 Å². The van der Waals surface area contributed by atoms with E-state index in [0.717, 1.165) is 17.3 Å². The molecule has 1 N–H and O–H groups in total. The Labute approximate surface area is 236 Å². The second-order valence-corrected chi connectivity index (χ2v) is 9.83. The van der Waals surface area contributed by atoms with E-state index in [2.05, 4.69) is 31.3 Å². The number of nitro benzene ring substituents is 1. The van der Waals surface area contributed by atoms with Crippen LogP contribution in [0.3, 0.4) is 0 Å². The first-order chi connectivity index (χ1) is 18.7. The molecule has 0 aliphatic rings. The molecule has 4 rings (SSSR count). The van der Waals surface area contributed by atoms with E-state index in [-0.39, 0.29) is 17.0 Å². The molecule has 1 heterocycles. The molecule has 0 atom stereocenters. The third-order valence-corrected chi connectivity index (χ3v) is 6.36. The van der Waals surface area contributed by atoms with Crippen LogP contribution in [0.25, 0.3) is 10.9 Å². The Morgan fingerprint density at radius 2 is 1.97 bits per heavy atom. The van der Waals surface area contributed by atoms with E-state index < -0.39 is 17.4 Å². The second kappa shape index (κ2) is 12.6. The lowest BCUT2D eigenvalue weighted by molar-refractivity contribution is -0.385. The number of aromatic nitrogens is 2. The van der Waals surface area contributed by atoms with E-state index in [1.165, 1.54) is 23.0 Å². The van der Waals surface area contributed by atoms with E-state index in [1.807, 2.05) is 13.0 Å². The van der Waals surface area contributed by atoms with Crippen LogP contribution in [0, 0.1) is 10.1 Å². The highest BCUT2D eigenvalue weighted by molar-refractivity contribution is 9.10. The highest BCUT2D eigenvalue weighted by Crippen LogP contribution is 2.27. The van der Waals surface area contributed by atoms with E-state index in [9.17, 15) is 19.7 Å². The summed E-state index contributed by atoms with van der Waals surface area (Å²) < 4.78 is 7.38. The van der Waals surface area contributed by atoms with E-state index in [1.54, 1.807) is 42.5 Å². The third kappa shape index (κ3) is 7.06. The van der Waals surface area contributed by atoms with E-state index in [4.69, 9.17) is 16.3 Å². The molecule has 0 aliphatic carbocycles. The number of ether oxygens (including phenoxy) is 1. The van der Waals surface area contributed by atoms with Gasteiger partial charge >= 0.3 is 5.69 Å². The Kier molecular flexibility index (Phi) is 9.05. The van der Waals surface area contributed by atoms with Gasteiger partial charge in [-0.25, -0.2) is 4.98 Å². The largest absolute Gasteiger partial charge is 0.477 e. The van der Waals surface area contributed by atoms with Crippen molar-refractivity contribution in [3.63, 3.8) is 0 Å². The lowest BCUT2D eigenvalue weighted by Crippen LogP contribution is -2.22. The SMILES string of the molecule is CCCCc1nc2ccc(Br)cc2c(=O)n1N=Cc1ccc(OCC(=O)Nc2ccc(Cl)cc2)c([N+](=O)[O-])c1. The first kappa shape index (κ1) is 27.9. The van der Waals surface area contributed by atoms with Gasteiger partial charge in [-0.15, -0.1) is 0 Å². The standard InChI is InChI=1S/C27H23BrClN5O5/c1-2-3-4-25-32-22-11-6-18(28)14-21(22)27(36)33(25)30-15-17-5-12-24(23(13-17)34(37)38)39-16-26(35)31-20-9-7-19(29)8-10-20/h5-15H,2-4,16H2,1H3,(H,31,35). The van der Waals surface area contributed by atoms with Crippen LogP contribution in [0.4, 0.5) is 11.4 Å². The van der Waals surface area contributed by atoms with E-state index >= 15 is 0 Å². The predicted molar refractivity (Wildman–Crippen MR) is 154 cm³/mol. The normalized spacial score (nSPS) is 11.2. The van der Waals surface area contributed by atoms with Crippen molar-refractivity contribution in [2.24, 2.45) is 5.10 Å². The molecule has 4 aromatic rings. The van der Waals surface area contributed by atoms with Gasteiger partial charge in [-0.05, 0) is 61.0 Å². The number of carbonyl (C=O) groups is 1. The van der Waals surface area contributed by atoms with Crippen molar-refractivity contribution in [2.75, 3.05) is 11.9 Å². The summed E-state index contributed by atoms with van der Waals surface area (Å²) in [7, 11) is 0. The molecule has 10 nitrogen and oxygen atoms in total. The number of halogens is 2. The summed E-state index contributed by atoms with van der Waals surface area (Å²) in [5, 5.41) is 19.6. The van der Waals surface area contributed by atoms with Gasteiger partial charge in [-0.3, -0.25) is 19.7 Å². The Morgan fingerprint density at radius 1 is 1.21 bits per heavy atom. The number of unbranched alkanes of at least 4 members (excludes halogenated alkanes) is 1. The molecule has 39 heavy (non-hydrogen) atoms. The number of fused-ring (bicyclic) bond motifs is 1. The Hall–Kier alpha value is -4.09. The number of aryl methyl sites for hydroxylation is 1. The summed E-state index contributed by atoms with van der Waals surface area (Å²) in [6.07, 6.45) is 3.61. The van der Waals surface area contributed by atoms with Gasteiger partial charge in [0.15, 0.2) is 12.4 Å². The zero-order chi connectivity index (χ0) is 27.9. The molecule has 0 radical (unpaired) electrons. The quantitative estimate of drug-likeness (QED) is 0.134. The van der Waals surface area contributed by atoms with Crippen LogP contribution in [0.5, 0.6) is 5.75 Å². The molecule has 0 aliphatic heterocycles. The van der Waals surface area contributed by atoms with E-state index in [0.29, 0.717) is 39.4 Å². The maximum atomic E-state index is 13.2. The third-order valence-electron chi connectivity index (χ3n) is 5.62. The average Bonchev–Trinajstić information content (AvgIpc) is 2.92. The second-order valence-electron chi connectivity index (χ2n) is 8.48. The summed E-state index contributed by atoms with van der Waals surface area (Å²) in [5.74, 6) is -0.0813. The number of carbonyl (C=O) groups excluding carboxylic acids is 1. The minimum absolute atomic E-state index is 0.0820. The van der Waals surface area contributed by atoms with Gasteiger partial charge in [-0.2, -0.15) is 9.78 Å². The van der Waals surface area contributed by atoms with Crippen LogP contribution in [0.2, 0.25) is 5.02 Å². The summed E-state index contributed by atoms with van der Waals surface area (Å²) in [6.45, 7) is 1.60. The zero-order valence-electron chi connectivity index (χ0n) is 20.8. The molecule has 0 bridgehead atoms. The number of hydrogen-bond acceptors (Lipinski definition) is 7. The molecule has 1 amide bonds. The van der Waals surface area contributed by atoms with Gasteiger partial charge in [0, 0.05) is 33.2 Å². The molecule has 3 aromatic carbocycles. The number of anilines is 1. The smallest absolute Gasteiger partial charge is 0.311 e. The first-order valence-electron chi connectivity index (χ1n) is 12.0. The van der Waals surface area contributed by atoms with Crippen molar-refractivity contribution in [1.82, 2.24) is 9.66 Å². The minimum Gasteiger partial charge on any atom is -0.477 e. The molecule has 12 heteroatoms. The Bertz CT molecular complexity index is 1620. The zero-order valence-corrected chi connectivity index (χ0v) is 23.1. The number of nitro groups is 1. The predicted octanol–water partition coefficient (Wildman–Crippen LogP) is 5.96. The molecule has 0 saturated carbocycles. The fourth-order valence-electron chi connectivity index (χ4n) is 3.69. The molecule has 0 unspecified atom stereocenters. The van der Waals surface area contributed by atoms with Crippen LogP contribution in [0.15, 0.2) is 75.0 Å². The number of nitrogens with zero attached hydrogens (tertiary/aromatic N) is 4. The lowest BCUT2D eigenvalue weighted by Gasteiger charge is -2.10. The fraction of sp³-hybridized carbons (Fsp3) is 0.185. The molecule has 1 aromatic heterocycles. The summed E-state index contributed by atoms with van der Waals surface area (Å²) in [5.41, 5.74) is 0.751. The van der Waals surface area contributed by atoms with Crippen LogP contribution in [-0.2, 0) is 11.2 Å². The Balaban J connectivity index is 1.57. The number of hydrogen-bond donors (Lipinski definition) is 1. The van der Waals surface area contributed by atoms with Gasteiger partial charge in [0.1, 0.15) is 5.82 Å². The minimum atomic E-state index is -0.613. The van der Waals surface area contributed by atoms with Crippen molar-refractivity contribution in [2.45, 2.75) is 26.2 Å². The molecule has 0 saturated heterocycles. The highest BCUT2D eigenvalue weighted by atomic mass is 79.9. The van der Waals surface area contributed by atoms with Gasteiger partial charge in [0.25, 0.3) is 11.5 Å². The van der Waals surface area contributed by atoms with Crippen LogP contribution in [-0.4, -0.2) is 33.3 Å². The fourth-order valence-corrected chi connectivity index (χ4v) is 4.18. The molecular formula is C27H23BrClN5O5. The van der Waals surface area contributed by atoms with Gasteiger partial charge in [-0.1, -0.05) is 40.9 Å².